The molecule has 0 aliphatic carbocycles. The highest BCUT2D eigenvalue weighted by Crippen LogP contribution is 2.39. The standard InChI is InChI=1S/C14H15N3O4/c1-3-9(2)15-14-11-7-5-4-6-10(11)12(16(18)19)8-13(14)17(20)21/h4-9,15H,3H2,1-2H3. The summed E-state index contributed by atoms with van der Waals surface area (Å²) in [6.07, 6.45) is 0.780. The quantitative estimate of drug-likeness (QED) is 0.665. The third-order valence-electron chi connectivity index (χ3n) is 3.40. The minimum Gasteiger partial charge on any atom is -0.377 e. The second-order valence-electron chi connectivity index (χ2n) is 4.80. The maximum absolute atomic E-state index is 11.3. The van der Waals surface area contributed by atoms with Gasteiger partial charge in [-0.15, -0.1) is 0 Å². The van der Waals surface area contributed by atoms with Crippen molar-refractivity contribution in [3.63, 3.8) is 0 Å². The predicted molar refractivity (Wildman–Crippen MR) is 80.6 cm³/mol. The molecule has 21 heavy (non-hydrogen) atoms. The lowest BCUT2D eigenvalue weighted by Gasteiger charge is -2.15. The third-order valence-corrected chi connectivity index (χ3v) is 3.40. The highest BCUT2D eigenvalue weighted by molar-refractivity contribution is 6.03. The lowest BCUT2D eigenvalue weighted by molar-refractivity contribution is -0.392. The average Bonchev–Trinajstić information content (AvgIpc) is 2.46. The van der Waals surface area contributed by atoms with Gasteiger partial charge in [-0.05, 0) is 19.4 Å². The average molecular weight is 289 g/mol. The Morgan fingerprint density at radius 3 is 2.19 bits per heavy atom. The van der Waals surface area contributed by atoms with Crippen LogP contribution in [-0.2, 0) is 0 Å². The molecule has 0 heterocycles. The molecule has 0 aromatic heterocycles. The van der Waals surface area contributed by atoms with Crippen LogP contribution in [0.5, 0.6) is 0 Å². The Morgan fingerprint density at radius 2 is 1.67 bits per heavy atom. The fourth-order valence-corrected chi connectivity index (χ4v) is 2.14. The highest BCUT2D eigenvalue weighted by atomic mass is 16.6. The van der Waals surface area contributed by atoms with Crippen LogP contribution in [0.25, 0.3) is 10.8 Å². The van der Waals surface area contributed by atoms with Crippen LogP contribution >= 0.6 is 0 Å². The van der Waals surface area contributed by atoms with Gasteiger partial charge in [0.1, 0.15) is 5.69 Å². The number of nitro groups is 2. The Morgan fingerprint density at radius 1 is 1.10 bits per heavy atom. The van der Waals surface area contributed by atoms with Crippen molar-refractivity contribution < 1.29 is 9.85 Å². The molecule has 2 rings (SSSR count). The van der Waals surface area contributed by atoms with E-state index in [9.17, 15) is 20.2 Å². The number of benzene rings is 2. The number of fused-ring (bicyclic) bond motifs is 1. The van der Waals surface area contributed by atoms with E-state index >= 15 is 0 Å². The number of anilines is 1. The fraction of sp³-hybridized carbons (Fsp3) is 0.286. The number of nitro benzene ring substituents is 2. The first-order chi connectivity index (χ1) is 9.95. The van der Waals surface area contributed by atoms with E-state index in [0.717, 1.165) is 12.5 Å². The second kappa shape index (κ2) is 5.74. The van der Waals surface area contributed by atoms with Gasteiger partial charge in [-0.2, -0.15) is 0 Å². The van der Waals surface area contributed by atoms with Crippen molar-refractivity contribution in [2.45, 2.75) is 26.3 Å². The van der Waals surface area contributed by atoms with Crippen LogP contribution in [0.2, 0.25) is 0 Å². The van der Waals surface area contributed by atoms with Crippen LogP contribution in [0.1, 0.15) is 20.3 Å². The van der Waals surface area contributed by atoms with Gasteiger partial charge in [0.25, 0.3) is 11.4 Å². The largest absolute Gasteiger partial charge is 0.377 e. The van der Waals surface area contributed by atoms with Crippen molar-refractivity contribution in [1.82, 2.24) is 0 Å². The molecule has 0 aliphatic rings. The summed E-state index contributed by atoms with van der Waals surface area (Å²) in [5.74, 6) is 0. The van der Waals surface area contributed by atoms with Crippen LogP contribution in [0, 0.1) is 20.2 Å². The van der Waals surface area contributed by atoms with Gasteiger partial charge < -0.3 is 5.32 Å². The summed E-state index contributed by atoms with van der Waals surface area (Å²) in [4.78, 5) is 21.2. The molecule has 0 amide bonds. The number of hydrogen-bond donors (Lipinski definition) is 1. The minimum atomic E-state index is -0.595. The van der Waals surface area contributed by atoms with E-state index in [1.165, 1.54) is 0 Å². The van der Waals surface area contributed by atoms with Gasteiger partial charge >= 0.3 is 0 Å². The summed E-state index contributed by atoms with van der Waals surface area (Å²) in [6.45, 7) is 3.86. The van der Waals surface area contributed by atoms with E-state index in [4.69, 9.17) is 0 Å². The van der Waals surface area contributed by atoms with Crippen molar-refractivity contribution >= 4 is 27.8 Å². The molecule has 0 radical (unpaired) electrons. The Labute approximate surface area is 120 Å². The fourth-order valence-electron chi connectivity index (χ4n) is 2.14. The van der Waals surface area contributed by atoms with Crippen LogP contribution in [0.15, 0.2) is 30.3 Å². The van der Waals surface area contributed by atoms with Gasteiger partial charge in [-0.1, -0.05) is 25.1 Å². The first kappa shape index (κ1) is 14.7. The van der Waals surface area contributed by atoms with Gasteiger partial charge in [-0.3, -0.25) is 20.2 Å². The summed E-state index contributed by atoms with van der Waals surface area (Å²) in [7, 11) is 0. The van der Waals surface area contributed by atoms with E-state index < -0.39 is 9.85 Å². The van der Waals surface area contributed by atoms with Gasteiger partial charge in [0.15, 0.2) is 0 Å². The summed E-state index contributed by atoms with van der Waals surface area (Å²) in [5.41, 5.74) is -0.205. The molecule has 2 aromatic rings. The molecule has 7 heteroatoms. The molecule has 0 saturated carbocycles. The van der Waals surface area contributed by atoms with Crippen LogP contribution in [0.3, 0.4) is 0 Å². The third kappa shape index (κ3) is 2.76. The van der Waals surface area contributed by atoms with Crippen molar-refractivity contribution in [1.29, 1.82) is 0 Å². The number of rotatable bonds is 5. The lowest BCUT2D eigenvalue weighted by Crippen LogP contribution is -2.15. The Balaban J connectivity index is 2.80. The molecular weight excluding hydrogens is 274 g/mol. The second-order valence-corrected chi connectivity index (χ2v) is 4.80. The van der Waals surface area contributed by atoms with Gasteiger partial charge in [0.2, 0.25) is 0 Å². The van der Waals surface area contributed by atoms with E-state index in [1.54, 1.807) is 24.3 Å². The maximum atomic E-state index is 11.3. The molecule has 0 aliphatic heterocycles. The first-order valence-corrected chi connectivity index (χ1v) is 6.56. The molecule has 0 bridgehead atoms. The van der Waals surface area contributed by atoms with Gasteiger partial charge in [-0.25, -0.2) is 0 Å². The summed E-state index contributed by atoms with van der Waals surface area (Å²) in [5, 5.41) is 26.4. The Bertz CT molecular complexity index is 715. The normalized spacial score (nSPS) is 12.1. The monoisotopic (exact) mass is 289 g/mol. The van der Waals surface area contributed by atoms with Crippen molar-refractivity contribution in [2.75, 3.05) is 5.32 Å². The van der Waals surface area contributed by atoms with Gasteiger partial charge in [0.05, 0.1) is 21.3 Å². The molecule has 1 atom stereocenters. The molecule has 2 aromatic carbocycles. The Kier molecular flexibility index (Phi) is 4.02. The molecule has 1 N–H and O–H groups in total. The summed E-state index contributed by atoms with van der Waals surface area (Å²) in [6, 6.07) is 7.67. The number of non-ortho nitro benzene ring substituents is 1. The van der Waals surface area contributed by atoms with E-state index in [2.05, 4.69) is 5.32 Å². The molecule has 0 fully saturated rings. The predicted octanol–water partition coefficient (Wildman–Crippen LogP) is 3.87. The zero-order chi connectivity index (χ0) is 15.6. The van der Waals surface area contributed by atoms with Crippen LogP contribution in [-0.4, -0.2) is 15.9 Å². The summed E-state index contributed by atoms with van der Waals surface area (Å²) < 4.78 is 0. The van der Waals surface area contributed by atoms with Crippen LogP contribution < -0.4 is 5.32 Å². The van der Waals surface area contributed by atoms with Gasteiger partial charge in [0, 0.05) is 11.4 Å². The number of hydrogen-bond acceptors (Lipinski definition) is 5. The smallest absolute Gasteiger partial charge is 0.299 e. The topological polar surface area (TPSA) is 98.3 Å². The van der Waals surface area contributed by atoms with Crippen molar-refractivity contribution in [3.8, 4) is 0 Å². The highest BCUT2D eigenvalue weighted by Gasteiger charge is 2.25. The van der Waals surface area contributed by atoms with E-state index in [0.29, 0.717) is 16.5 Å². The molecule has 1 unspecified atom stereocenters. The lowest BCUT2D eigenvalue weighted by atomic mass is 10.0. The summed E-state index contributed by atoms with van der Waals surface area (Å²) >= 11 is 0. The zero-order valence-electron chi connectivity index (χ0n) is 11.7. The van der Waals surface area contributed by atoms with E-state index in [-0.39, 0.29) is 17.4 Å². The zero-order valence-corrected chi connectivity index (χ0v) is 11.7. The molecule has 0 spiro atoms. The first-order valence-electron chi connectivity index (χ1n) is 6.56. The number of nitrogens with one attached hydrogen (secondary N) is 1. The molecular formula is C14H15N3O4. The molecule has 0 saturated heterocycles. The minimum absolute atomic E-state index is 0.0218. The maximum Gasteiger partial charge on any atom is 0.299 e. The van der Waals surface area contributed by atoms with Crippen LogP contribution in [0.4, 0.5) is 17.1 Å². The Hall–Kier alpha value is -2.70. The SMILES string of the molecule is CCC(C)Nc1c([N+](=O)[O-])cc([N+](=O)[O-])c2ccccc12. The molecule has 7 nitrogen and oxygen atoms in total. The van der Waals surface area contributed by atoms with E-state index in [1.807, 2.05) is 13.8 Å². The molecule has 110 valence electrons. The van der Waals surface area contributed by atoms with Crippen molar-refractivity contribution in [2.24, 2.45) is 0 Å². The van der Waals surface area contributed by atoms with Crippen molar-refractivity contribution in [3.05, 3.63) is 50.6 Å². The number of nitrogens with zero attached hydrogens (tertiary/aromatic N) is 2.